The molecule has 1 aromatic carbocycles. The van der Waals surface area contributed by atoms with Crippen molar-refractivity contribution in [3.05, 3.63) is 40.5 Å². The number of fused-ring (bicyclic) bond motifs is 1. The number of nitrogens with zero attached hydrogens (tertiary/aromatic N) is 2. The van der Waals surface area contributed by atoms with E-state index in [0.717, 1.165) is 40.9 Å². The molecule has 3 aromatic rings. The minimum Gasteiger partial charge on any atom is -0.497 e. The highest BCUT2D eigenvalue weighted by molar-refractivity contribution is 7.13. The van der Waals surface area contributed by atoms with Crippen molar-refractivity contribution >= 4 is 39.8 Å². The Morgan fingerprint density at radius 2 is 2.18 bits per heavy atom. The zero-order chi connectivity index (χ0) is 20.7. The van der Waals surface area contributed by atoms with Crippen molar-refractivity contribution in [2.24, 2.45) is 7.05 Å². The third-order valence-corrected chi connectivity index (χ3v) is 5.11. The van der Waals surface area contributed by atoms with Crippen molar-refractivity contribution in [2.45, 2.75) is 19.8 Å². The third-order valence-electron chi connectivity index (χ3n) is 4.39. The van der Waals surface area contributed by atoms with Gasteiger partial charge in [0.2, 0.25) is 0 Å². The number of aryl methyl sites for hydroxylation is 2. The summed E-state index contributed by atoms with van der Waals surface area (Å²) in [7, 11) is 3.59. The molecule has 150 valence electrons. The predicted octanol–water partition coefficient (Wildman–Crippen LogP) is 2.60. The van der Waals surface area contributed by atoms with Gasteiger partial charge in [-0.3, -0.25) is 9.59 Å². The minimum absolute atomic E-state index is 0.0610. The van der Waals surface area contributed by atoms with E-state index in [1.165, 1.54) is 11.3 Å². The maximum atomic E-state index is 12.7. The van der Waals surface area contributed by atoms with Crippen LogP contribution in [0.4, 0.5) is 5.13 Å². The normalized spacial score (nSPS) is 10.2. The summed E-state index contributed by atoms with van der Waals surface area (Å²) in [5.41, 5.74) is 9.26. The van der Waals surface area contributed by atoms with Gasteiger partial charge >= 0.3 is 0 Å². The minimum atomic E-state index is -0.250. The Labute approximate surface area is 166 Å². The summed E-state index contributed by atoms with van der Waals surface area (Å²) in [5.74, 6) is 0.683. The van der Waals surface area contributed by atoms with Crippen LogP contribution in [-0.2, 0) is 18.3 Å². The van der Waals surface area contributed by atoms with Gasteiger partial charge in [0.25, 0.3) is 12.4 Å². The van der Waals surface area contributed by atoms with E-state index >= 15 is 0 Å². The number of aromatic nitrogens is 2. The monoisotopic (exact) mass is 404 g/mol. The Morgan fingerprint density at radius 1 is 1.46 bits per heavy atom. The molecule has 0 bridgehead atoms. The number of methoxy groups -OCH3 is 1. The highest BCUT2D eigenvalue weighted by Crippen LogP contribution is 2.28. The molecule has 1 amide bonds. The van der Waals surface area contributed by atoms with Crippen molar-refractivity contribution < 1.29 is 19.4 Å². The number of hydrogen-bond donors (Lipinski definition) is 3. The van der Waals surface area contributed by atoms with Crippen LogP contribution in [0.1, 0.15) is 28.2 Å². The fourth-order valence-corrected chi connectivity index (χ4v) is 3.56. The lowest BCUT2D eigenvalue weighted by molar-refractivity contribution is -0.122. The first-order valence-electron chi connectivity index (χ1n) is 8.61. The molecule has 2 heterocycles. The summed E-state index contributed by atoms with van der Waals surface area (Å²) in [4.78, 5) is 25.3. The quantitative estimate of drug-likeness (QED) is 0.429. The average molecular weight is 404 g/mol. The maximum absolute atomic E-state index is 12.7. The number of nitrogens with two attached hydrogens (primary N) is 1. The molecule has 0 radical (unpaired) electrons. The van der Waals surface area contributed by atoms with Gasteiger partial charge in [0, 0.05) is 35.6 Å². The van der Waals surface area contributed by atoms with E-state index < -0.39 is 0 Å². The molecule has 28 heavy (non-hydrogen) atoms. The third kappa shape index (κ3) is 4.80. The van der Waals surface area contributed by atoms with Crippen LogP contribution in [0.3, 0.4) is 0 Å². The molecule has 2 aromatic heterocycles. The molecular formula is C19H24N4O4S. The number of hydrogen-bond acceptors (Lipinski definition) is 6. The molecule has 0 spiro atoms. The van der Waals surface area contributed by atoms with Gasteiger partial charge in [-0.05, 0) is 38.0 Å². The van der Waals surface area contributed by atoms with Gasteiger partial charge in [0.1, 0.15) is 5.75 Å². The van der Waals surface area contributed by atoms with Crippen molar-refractivity contribution in [1.29, 1.82) is 0 Å². The first-order chi connectivity index (χ1) is 13.4. The first kappa shape index (κ1) is 21.2. The second-order valence-corrected chi connectivity index (χ2v) is 6.93. The van der Waals surface area contributed by atoms with E-state index in [4.69, 9.17) is 20.4 Å². The Balaban J connectivity index is 0.000000878. The smallest absolute Gasteiger partial charge is 0.290 e. The van der Waals surface area contributed by atoms with Gasteiger partial charge in [0.15, 0.2) is 5.13 Å². The lowest BCUT2D eigenvalue weighted by atomic mass is 10.1. The topological polar surface area (TPSA) is 119 Å². The predicted molar refractivity (Wildman–Crippen MR) is 110 cm³/mol. The summed E-state index contributed by atoms with van der Waals surface area (Å²) < 4.78 is 7.33. The molecule has 0 unspecified atom stereocenters. The van der Waals surface area contributed by atoms with Crippen LogP contribution >= 0.6 is 11.3 Å². The van der Waals surface area contributed by atoms with E-state index in [9.17, 15) is 4.79 Å². The lowest BCUT2D eigenvalue weighted by Crippen LogP contribution is -2.25. The number of anilines is 1. The SMILES string of the molecule is COc1ccc2c(c1)c(C(=O)NCCCc1csc(N)n1)c(C)n2C.O=CO. The highest BCUT2D eigenvalue weighted by Gasteiger charge is 2.18. The Morgan fingerprint density at radius 3 is 2.79 bits per heavy atom. The van der Waals surface area contributed by atoms with Crippen LogP contribution in [0.5, 0.6) is 5.75 Å². The van der Waals surface area contributed by atoms with E-state index in [-0.39, 0.29) is 12.4 Å². The zero-order valence-corrected chi connectivity index (χ0v) is 16.9. The van der Waals surface area contributed by atoms with Crippen LogP contribution < -0.4 is 15.8 Å². The number of benzene rings is 1. The van der Waals surface area contributed by atoms with Crippen molar-refractivity contribution in [3.8, 4) is 5.75 Å². The van der Waals surface area contributed by atoms with Crippen molar-refractivity contribution in [2.75, 3.05) is 19.4 Å². The second-order valence-electron chi connectivity index (χ2n) is 6.04. The Bertz CT molecular complexity index is 964. The van der Waals surface area contributed by atoms with Crippen LogP contribution in [-0.4, -0.2) is 40.7 Å². The number of nitrogens with one attached hydrogen (secondary N) is 1. The molecule has 0 fully saturated rings. The first-order valence-corrected chi connectivity index (χ1v) is 9.49. The number of carboxylic acid groups (broad SMARTS) is 1. The van der Waals surface area contributed by atoms with Crippen molar-refractivity contribution in [3.63, 3.8) is 0 Å². The molecule has 9 heteroatoms. The summed E-state index contributed by atoms with van der Waals surface area (Å²) in [5, 5.41) is 13.3. The van der Waals surface area contributed by atoms with Gasteiger partial charge in [0.05, 0.1) is 18.4 Å². The molecule has 4 N–H and O–H groups in total. The van der Waals surface area contributed by atoms with E-state index in [2.05, 4.69) is 10.3 Å². The van der Waals surface area contributed by atoms with Gasteiger partial charge in [-0.1, -0.05) is 0 Å². The maximum Gasteiger partial charge on any atom is 0.290 e. The van der Waals surface area contributed by atoms with Crippen LogP contribution in [0.15, 0.2) is 23.6 Å². The fourth-order valence-electron chi connectivity index (χ4n) is 2.96. The molecule has 3 rings (SSSR count). The largest absolute Gasteiger partial charge is 0.497 e. The van der Waals surface area contributed by atoms with E-state index in [1.807, 2.05) is 42.1 Å². The molecule has 0 aliphatic rings. The van der Waals surface area contributed by atoms with Gasteiger partial charge in [-0.25, -0.2) is 4.98 Å². The summed E-state index contributed by atoms with van der Waals surface area (Å²) >= 11 is 1.44. The summed E-state index contributed by atoms with van der Waals surface area (Å²) in [6.07, 6.45) is 1.62. The number of amides is 1. The van der Waals surface area contributed by atoms with Gasteiger partial charge in [-0.2, -0.15) is 0 Å². The summed E-state index contributed by atoms with van der Waals surface area (Å²) in [6, 6.07) is 5.79. The molecule has 0 saturated carbocycles. The fraction of sp³-hybridized carbons (Fsp3) is 0.316. The molecule has 0 aliphatic carbocycles. The van der Waals surface area contributed by atoms with E-state index in [1.54, 1.807) is 7.11 Å². The van der Waals surface area contributed by atoms with Crippen molar-refractivity contribution in [1.82, 2.24) is 14.9 Å². The Hall–Kier alpha value is -3.07. The number of thiazole rings is 1. The van der Waals surface area contributed by atoms with Crippen LogP contribution in [0.2, 0.25) is 0 Å². The number of rotatable bonds is 6. The molecule has 0 aliphatic heterocycles. The summed E-state index contributed by atoms with van der Waals surface area (Å²) in [6.45, 7) is 2.30. The average Bonchev–Trinajstić information content (AvgIpc) is 3.20. The number of ether oxygens (including phenoxy) is 1. The lowest BCUT2D eigenvalue weighted by Gasteiger charge is -2.06. The molecule has 0 atom stereocenters. The number of carbonyl (C=O) groups excluding carboxylic acids is 1. The number of carbonyl (C=O) groups is 2. The molecule has 8 nitrogen and oxygen atoms in total. The van der Waals surface area contributed by atoms with Gasteiger partial charge < -0.3 is 25.5 Å². The standard InChI is InChI=1S/C18H22N4O2S.CH2O2/c1-11-16(14-9-13(24-3)6-7-15(14)22(11)2)17(23)20-8-4-5-12-10-25-18(19)21-12;2-1-3/h6-7,9-10H,4-5,8H2,1-3H3,(H2,19,21)(H,20,23);1H,(H,2,3). The molecular weight excluding hydrogens is 380 g/mol. The zero-order valence-electron chi connectivity index (χ0n) is 16.1. The second kappa shape index (κ2) is 9.75. The Kier molecular flexibility index (Phi) is 7.39. The molecule has 0 saturated heterocycles. The number of nitrogen functional groups attached to an aromatic ring is 1. The van der Waals surface area contributed by atoms with Gasteiger partial charge in [-0.15, -0.1) is 11.3 Å². The highest BCUT2D eigenvalue weighted by atomic mass is 32.1. The van der Waals surface area contributed by atoms with Crippen LogP contribution in [0, 0.1) is 6.92 Å². The van der Waals surface area contributed by atoms with E-state index in [0.29, 0.717) is 17.2 Å². The van der Waals surface area contributed by atoms with Crippen LogP contribution in [0.25, 0.3) is 10.9 Å².